The summed E-state index contributed by atoms with van der Waals surface area (Å²) in [6, 6.07) is 16.3. The molecule has 0 spiro atoms. The molecule has 0 saturated carbocycles. The van der Waals surface area contributed by atoms with E-state index in [9.17, 15) is 13.2 Å². The van der Waals surface area contributed by atoms with Crippen molar-refractivity contribution >= 4 is 21.6 Å². The van der Waals surface area contributed by atoms with Gasteiger partial charge in [0, 0.05) is 6.08 Å². The van der Waals surface area contributed by atoms with Crippen LogP contribution in [0.5, 0.6) is 0 Å². The standard InChI is InChI=1S/C17H17NO3S/c1-14(2)13-17(19)18(15-9-5-3-6-10-15)22(20,21)16-11-7-4-8-12-16/h3-13H,1-2H3. The van der Waals surface area contributed by atoms with Gasteiger partial charge in [0.25, 0.3) is 15.9 Å². The van der Waals surface area contributed by atoms with Gasteiger partial charge in [-0.05, 0) is 38.1 Å². The van der Waals surface area contributed by atoms with E-state index >= 15 is 0 Å². The molecule has 0 aliphatic rings. The predicted octanol–water partition coefficient (Wildman–Crippen LogP) is 3.37. The van der Waals surface area contributed by atoms with Crippen molar-refractivity contribution in [1.29, 1.82) is 0 Å². The van der Waals surface area contributed by atoms with Gasteiger partial charge in [-0.1, -0.05) is 42.0 Å². The van der Waals surface area contributed by atoms with Crippen LogP contribution >= 0.6 is 0 Å². The minimum Gasteiger partial charge on any atom is -0.268 e. The summed E-state index contributed by atoms with van der Waals surface area (Å²) in [5, 5.41) is 0. The van der Waals surface area contributed by atoms with Crippen molar-refractivity contribution < 1.29 is 13.2 Å². The SMILES string of the molecule is CC(C)=CC(=O)N(c1ccccc1)S(=O)(=O)c1ccccc1. The van der Waals surface area contributed by atoms with Crippen LogP contribution < -0.4 is 4.31 Å². The lowest BCUT2D eigenvalue weighted by Gasteiger charge is -2.21. The van der Waals surface area contributed by atoms with E-state index in [1.807, 2.05) is 0 Å². The van der Waals surface area contributed by atoms with Crippen LogP contribution in [0.4, 0.5) is 5.69 Å². The Kier molecular flexibility index (Phi) is 4.78. The van der Waals surface area contributed by atoms with Gasteiger partial charge in [0.1, 0.15) is 0 Å². The Balaban J connectivity index is 2.59. The number of hydrogen-bond acceptors (Lipinski definition) is 3. The molecule has 0 saturated heterocycles. The van der Waals surface area contributed by atoms with Crippen molar-refractivity contribution in [2.75, 3.05) is 4.31 Å². The highest BCUT2D eigenvalue weighted by molar-refractivity contribution is 7.93. The van der Waals surface area contributed by atoms with Crippen molar-refractivity contribution in [3.63, 3.8) is 0 Å². The summed E-state index contributed by atoms with van der Waals surface area (Å²) in [5.41, 5.74) is 1.04. The number of carbonyl (C=O) groups excluding carboxylic acids is 1. The van der Waals surface area contributed by atoms with Gasteiger partial charge in [-0.15, -0.1) is 0 Å². The molecule has 0 N–H and O–H groups in total. The van der Waals surface area contributed by atoms with Crippen LogP contribution in [0.1, 0.15) is 13.8 Å². The first-order chi connectivity index (χ1) is 10.4. The number of rotatable bonds is 4. The van der Waals surface area contributed by atoms with Gasteiger partial charge >= 0.3 is 0 Å². The van der Waals surface area contributed by atoms with Gasteiger partial charge in [-0.3, -0.25) is 4.79 Å². The Labute approximate surface area is 130 Å². The first-order valence-electron chi connectivity index (χ1n) is 6.77. The Morgan fingerprint density at radius 2 is 1.41 bits per heavy atom. The minimum atomic E-state index is -3.96. The summed E-state index contributed by atoms with van der Waals surface area (Å²) in [6.07, 6.45) is 1.31. The summed E-state index contributed by atoms with van der Waals surface area (Å²) in [4.78, 5) is 12.5. The lowest BCUT2D eigenvalue weighted by atomic mass is 10.3. The summed E-state index contributed by atoms with van der Waals surface area (Å²) in [6.45, 7) is 3.49. The third-order valence-electron chi connectivity index (χ3n) is 2.88. The summed E-state index contributed by atoms with van der Waals surface area (Å²) < 4.78 is 26.5. The molecule has 0 aromatic heterocycles. The number of allylic oxidation sites excluding steroid dienone is 1. The number of sulfonamides is 1. The van der Waals surface area contributed by atoms with E-state index in [0.29, 0.717) is 5.69 Å². The summed E-state index contributed by atoms with van der Waals surface area (Å²) >= 11 is 0. The van der Waals surface area contributed by atoms with Crippen molar-refractivity contribution in [2.24, 2.45) is 0 Å². The number of para-hydroxylation sites is 1. The maximum Gasteiger partial charge on any atom is 0.271 e. The molecule has 0 radical (unpaired) electrons. The summed E-state index contributed by atoms with van der Waals surface area (Å²) in [7, 11) is -3.96. The zero-order chi connectivity index (χ0) is 16.2. The molecule has 2 aromatic rings. The fourth-order valence-electron chi connectivity index (χ4n) is 1.95. The van der Waals surface area contributed by atoms with Gasteiger partial charge in [-0.25, -0.2) is 8.42 Å². The fraction of sp³-hybridized carbons (Fsp3) is 0.118. The van der Waals surface area contributed by atoms with E-state index < -0.39 is 15.9 Å². The van der Waals surface area contributed by atoms with Gasteiger partial charge in [0.05, 0.1) is 10.6 Å². The molecule has 0 aliphatic carbocycles. The Morgan fingerprint density at radius 1 is 0.909 bits per heavy atom. The monoisotopic (exact) mass is 315 g/mol. The van der Waals surface area contributed by atoms with E-state index in [4.69, 9.17) is 0 Å². The second-order valence-corrected chi connectivity index (χ2v) is 6.76. The van der Waals surface area contributed by atoms with Crippen LogP contribution in [0.25, 0.3) is 0 Å². The highest BCUT2D eigenvalue weighted by atomic mass is 32.2. The van der Waals surface area contributed by atoms with E-state index in [2.05, 4.69) is 0 Å². The second-order valence-electron chi connectivity index (χ2n) is 4.98. The van der Waals surface area contributed by atoms with Crippen LogP contribution in [0, 0.1) is 0 Å². The molecule has 0 atom stereocenters. The lowest BCUT2D eigenvalue weighted by Crippen LogP contribution is -2.36. The number of benzene rings is 2. The molecule has 4 nitrogen and oxygen atoms in total. The molecule has 5 heteroatoms. The maximum atomic E-state index is 12.8. The average Bonchev–Trinajstić information content (AvgIpc) is 2.48. The normalized spacial score (nSPS) is 10.8. The largest absolute Gasteiger partial charge is 0.271 e. The van der Waals surface area contributed by atoms with Crippen molar-refractivity contribution in [1.82, 2.24) is 0 Å². The third-order valence-corrected chi connectivity index (χ3v) is 4.62. The Hall–Kier alpha value is -2.40. The molecule has 0 bridgehead atoms. The van der Waals surface area contributed by atoms with E-state index in [1.54, 1.807) is 62.4 Å². The molecule has 1 amide bonds. The van der Waals surface area contributed by atoms with Crippen molar-refractivity contribution in [3.8, 4) is 0 Å². The smallest absolute Gasteiger partial charge is 0.268 e. The van der Waals surface area contributed by atoms with Crippen LogP contribution in [0.15, 0.2) is 77.2 Å². The number of nitrogens with zero attached hydrogens (tertiary/aromatic N) is 1. The van der Waals surface area contributed by atoms with E-state index in [1.165, 1.54) is 18.2 Å². The molecule has 2 aromatic carbocycles. The Morgan fingerprint density at radius 3 is 1.91 bits per heavy atom. The zero-order valence-corrected chi connectivity index (χ0v) is 13.2. The van der Waals surface area contributed by atoms with Crippen LogP contribution in [-0.2, 0) is 14.8 Å². The molecular weight excluding hydrogens is 298 g/mol. The minimum absolute atomic E-state index is 0.0781. The number of carbonyl (C=O) groups is 1. The fourth-order valence-corrected chi connectivity index (χ4v) is 3.35. The van der Waals surface area contributed by atoms with Crippen molar-refractivity contribution in [2.45, 2.75) is 18.7 Å². The molecule has 114 valence electrons. The van der Waals surface area contributed by atoms with Gasteiger partial charge in [0.2, 0.25) is 0 Å². The molecule has 0 unspecified atom stereocenters. The topological polar surface area (TPSA) is 54.5 Å². The van der Waals surface area contributed by atoms with Gasteiger partial charge in [-0.2, -0.15) is 4.31 Å². The molecule has 0 heterocycles. The van der Waals surface area contributed by atoms with Crippen LogP contribution in [-0.4, -0.2) is 14.3 Å². The quantitative estimate of drug-likeness (QED) is 0.813. The number of anilines is 1. The Bertz CT molecular complexity index is 777. The highest BCUT2D eigenvalue weighted by Crippen LogP contribution is 2.24. The lowest BCUT2D eigenvalue weighted by molar-refractivity contribution is -0.113. The molecule has 22 heavy (non-hydrogen) atoms. The molecule has 2 rings (SSSR count). The van der Waals surface area contributed by atoms with Crippen LogP contribution in [0.2, 0.25) is 0 Å². The third kappa shape index (κ3) is 3.43. The molecular formula is C17H17NO3S. The predicted molar refractivity (Wildman–Crippen MR) is 87.0 cm³/mol. The highest BCUT2D eigenvalue weighted by Gasteiger charge is 2.29. The van der Waals surface area contributed by atoms with Crippen molar-refractivity contribution in [3.05, 3.63) is 72.3 Å². The van der Waals surface area contributed by atoms with E-state index in [0.717, 1.165) is 9.88 Å². The van der Waals surface area contributed by atoms with Gasteiger partial charge in [0.15, 0.2) is 0 Å². The molecule has 0 fully saturated rings. The average molecular weight is 315 g/mol. The second kappa shape index (κ2) is 6.58. The number of hydrogen-bond donors (Lipinski definition) is 0. The first kappa shape index (κ1) is 16.0. The van der Waals surface area contributed by atoms with E-state index in [-0.39, 0.29) is 4.90 Å². The number of amides is 1. The zero-order valence-electron chi connectivity index (χ0n) is 12.4. The first-order valence-corrected chi connectivity index (χ1v) is 8.21. The summed E-state index contributed by atoms with van der Waals surface area (Å²) in [5.74, 6) is -0.588. The van der Waals surface area contributed by atoms with Crippen LogP contribution in [0.3, 0.4) is 0 Å². The van der Waals surface area contributed by atoms with Gasteiger partial charge < -0.3 is 0 Å². The maximum absolute atomic E-state index is 12.8. The molecule has 0 aliphatic heterocycles.